The number of nitrogens with one attached hydrogen (secondary N) is 4. The maximum Gasteiger partial charge on any atom is 0.156 e. The van der Waals surface area contributed by atoms with Crippen LogP contribution in [0.4, 0.5) is 5.82 Å². The van der Waals surface area contributed by atoms with Crippen LogP contribution in [-0.4, -0.2) is 47.2 Å². The Labute approximate surface area is 149 Å². The van der Waals surface area contributed by atoms with Crippen LogP contribution in [0.5, 0.6) is 0 Å². The number of hydrogen-bond acceptors (Lipinski definition) is 5. The number of H-pyrrole nitrogens is 1. The van der Waals surface area contributed by atoms with Crippen molar-refractivity contribution in [2.75, 3.05) is 31.5 Å². The van der Waals surface area contributed by atoms with E-state index < -0.39 is 0 Å². The summed E-state index contributed by atoms with van der Waals surface area (Å²) in [5, 5.41) is 10.4. The number of hydrogen-bond donors (Lipinski definition) is 4. The minimum atomic E-state index is 0.647. The van der Waals surface area contributed by atoms with Gasteiger partial charge in [0.05, 0.1) is 5.69 Å². The molecule has 0 aromatic carbocycles. The molecule has 1 aliphatic heterocycles. The molecule has 1 aliphatic carbocycles. The molecule has 0 spiro atoms. The third-order valence-electron chi connectivity index (χ3n) is 5.08. The molecule has 0 amide bonds. The van der Waals surface area contributed by atoms with E-state index in [2.05, 4.69) is 27.9 Å². The summed E-state index contributed by atoms with van der Waals surface area (Å²) in [5.74, 6) is 2.45. The van der Waals surface area contributed by atoms with Crippen LogP contribution in [0.1, 0.15) is 43.0 Å². The highest BCUT2D eigenvalue weighted by molar-refractivity contribution is 5.54. The Kier molecular flexibility index (Phi) is 4.99. The van der Waals surface area contributed by atoms with E-state index in [0.29, 0.717) is 12.0 Å². The maximum atomic E-state index is 4.78. The summed E-state index contributed by atoms with van der Waals surface area (Å²) >= 11 is 0. The molecule has 0 unspecified atom stereocenters. The highest BCUT2D eigenvalue weighted by Gasteiger charge is 2.28. The third kappa shape index (κ3) is 4.19. The van der Waals surface area contributed by atoms with Gasteiger partial charge in [-0.25, -0.2) is 9.97 Å². The van der Waals surface area contributed by atoms with Crippen LogP contribution >= 0.6 is 0 Å². The number of imidazole rings is 1. The first-order chi connectivity index (χ1) is 12.3. The van der Waals surface area contributed by atoms with Crippen molar-refractivity contribution >= 4 is 5.82 Å². The van der Waals surface area contributed by atoms with Gasteiger partial charge in [-0.2, -0.15) is 0 Å². The van der Waals surface area contributed by atoms with Crippen LogP contribution in [-0.2, 0) is 0 Å². The summed E-state index contributed by atoms with van der Waals surface area (Å²) in [6, 6.07) is 6.73. The minimum absolute atomic E-state index is 0.647. The van der Waals surface area contributed by atoms with Gasteiger partial charge in [0.15, 0.2) is 5.82 Å². The van der Waals surface area contributed by atoms with Crippen molar-refractivity contribution < 1.29 is 0 Å². The van der Waals surface area contributed by atoms with E-state index in [-0.39, 0.29) is 0 Å². The molecule has 4 N–H and O–H groups in total. The second kappa shape index (κ2) is 7.54. The lowest BCUT2D eigenvalue weighted by molar-refractivity contribution is 0.392. The van der Waals surface area contributed by atoms with Gasteiger partial charge in [0.2, 0.25) is 0 Å². The molecule has 1 saturated heterocycles. The van der Waals surface area contributed by atoms with Crippen molar-refractivity contribution in [2.24, 2.45) is 0 Å². The molecule has 134 valence electrons. The molecule has 0 atom stereocenters. The molecular formula is C19H28N6. The molecule has 0 bridgehead atoms. The van der Waals surface area contributed by atoms with Gasteiger partial charge in [-0.15, -0.1) is 0 Å². The average Bonchev–Trinajstić information content (AvgIpc) is 3.42. The first-order valence-corrected chi connectivity index (χ1v) is 9.51. The molecular weight excluding hydrogens is 312 g/mol. The minimum Gasteiger partial charge on any atom is -0.369 e. The van der Waals surface area contributed by atoms with Gasteiger partial charge in [0, 0.05) is 30.7 Å². The predicted molar refractivity (Wildman–Crippen MR) is 101 cm³/mol. The zero-order valence-corrected chi connectivity index (χ0v) is 14.9. The van der Waals surface area contributed by atoms with E-state index >= 15 is 0 Å². The van der Waals surface area contributed by atoms with Crippen molar-refractivity contribution in [3.05, 3.63) is 29.6 Å². The second-order valence-electron chi connectivity index (χ2n) is 7.18. The highest BCUT2D eigenvalue weighted by atomic mass is 15.0. The van der Waals surface area contributed by atoms with Gasteiger partial charge in [-0.3, -0.25) is 0 Å². The topological polar surface area (TPSA) is 77.7 Å². The Hall–Kier alpha value is -1.92. The first kappa shape index (κ1) is 16.5. The van der Waals surface area contributed by atoms with Crippen molar-refractivity contribution in [3.8, 4) is 11.5 Å². The predicted octanol–water partition coefficient (Wildman–Crippen LogP) is 2.41. The summed E-state index contributed by atoms with van der Waals surface area (Å²) in [5.41, 5.74) is 3.32. The number of aromatic nitrogens is 3. The molecule has 2 fully saturated rings. The number of aromatic amines is 1. The largest absolute Gasteiger partial charge is 0.369 e. The molecule has 25 heavy (non-hydrogen) atoms. The number of pyridine rings is 1. The number of nitrogens with zero attached hydrogens (tertiary/aromatic N) is 2. The number of rotatable bonds is 7. The third-order valence-corrected chi connectivity index (χ3v) is 5.08. The summed E-state index contributed by atoms with van der Waals surface area (Å²) in [6.45, 7) is 6.20. The molecule has 2 aromatic heterocycles. The van der Waals surface area contributed by atoms with E-state index in [1.165, 1.54) is 37.1 Å². The van der Waals surface area contributed by atoms with E-state index in [0.717, 1.165) is 43.5 Å². The monoisotopic (exact) mass is 340 g/mol. The smallest absolute Gasteiger partial charge is 0.156 e. The lowest BCUT2D eigenvalue weighted by Crippen LogP contribution is -2.41. The molecule has 0 radical (unpaired) electrons. The normalized spacial score (nSPS) is 18.4. The second-order valence-corrected chi connectivity index (χ2v) is 7.18. The molecule has 3 heterocycles. The van der Waals surface area contributed by atoms with Gasteiger partial charge in [0.1, 0.15) is 11.5 Å². The molecule has 6 nitrogen and oxygen atoms in total. The molecule has 2 aliphatic rings. The van der Waals surface area contributed by atoms with Crippen LogP contribution in [0.2, 0.25) is 0 Å². The van der Waals surface area contributed by atoms with E-state index in [1.807, 2.05) is 18.2 Å². The lowest BCUT2D eigenvalue weighted by Gasteiger charge is -2.23. The SMILES string of the molecule is Cc1[nH]c(-c2cccc(NCCNC3CCNCC3)n2)nc1C1CC1. The zero-order chi connectivity index (χ0) is 17.1. The fraction of sp³-hybridized carbons (Fsp3) is 0.579. The van der Waals surface area contributed by atoms with Gasteiger partial charge < -0.3 is 20.9 Å². The number of anilines is 1. The summed E-state index contributed by atoms with van der Waals surface area (Å²) in [4.78, 5) is 12.9. The van der Waals surface area contributed by atoms with Gasteiger partial charge >= 0.3 is 0 Å². The summed E-state index contributed by atoms with van der Waals surface area (Å²) in [7, 11) is 0. The fourth-order valence-electron chi connectivity index (χ4n) is 3.51. The zero-order valence-electron chi connectivity index (χ0n) is 14.9. The van der Waals surface area contributed by atoms with Crippen LogP contribution in [0.25, 0.3) is 11.5 Å². The van der Waals surface area contributed by atoms with Gasteiger partial charge in [0.25, 0.3) is 0 Å². The molecule has 1 saturated carbocycles. The van der Waals surface area contributed by atoms with Crippen molar-refractivity contribution in [1.82, 2.24) is 25.6 Å². The Morgan fingerprint density at radius 3 is 2.72 bits per heavy atom. The Bertz CT molecular complexity index is 700. The first-order valence-electron chi connectivity index (χ1n) is 9.51. The van der Waals surface area contributed by atoms with Crippen molar-refractivity contribution in [3.63, 3.8) is 0 Å². The van der Waals surface area contributed by atoms with E-state index in [9.17, 15) is 0 Å². The Morgan fingerprint density at radius 1 is 1.08 bits per heavy atom. The fourth-order valence-corrected chi connectivity index (χ4v) is 3.51. The van der Waals surface area contributed by atoms with Gasteiger partial charge in [-0.1, -0.05) is 6.07 Å². The summed E-state index contributed by atoms with van der Waals surface area (Å²) in [6.07, 6.45) is 4.97. The van der Waals surface area contributed by atoms with E-state index in [1.54, 1.807) is 0 Å². The highest BCUT2D eigenvalue weighted by Crippen LogP contribution is 2.41. The lowest BCUT2D eigenvalue weighted by atomic mass is 10.1. The Balaban J connectivity index is 1.32. The van der Waals surface area contributed by atoms with Gasteiger partial charge in [-0.05, 0) is 57.8 Å². The Morgan fingerprint density at radius 2 is 1.92 bits per heavy atom. The van der Waals surface area contributed by atoms with Crippen molar-refractivity contribution in [2.45, 2.75) is 44.6 Å². The average molecular weight is 340 g/mol. The van der Waals surface area contributed by atoms with E-state index in [4.69, 9.17) is 9.97 Å². The summed E-state index contributed by atoms with van der Waals surface area (Å²) < 4.78 is 0. The quantitative estimate of drug-likeness (QED) is 0.582. The van der Waals surface area contributed by atoms with Crippen LogP contribution in [0, 0.1) is 6.92 Å². The van der Waals surface area contributed by atoms with Crippen LogP contribution in [0.3, 0.4) is 0 Å². The standard InChI is InChI=1S/C19H28N6/c1-13-18(14-5-6-14)25-19(23-13)16-3-2-4-17(24-16)22-12-11-21-15-7-9-20-10-8-15/h2-4,14-15,20-21H,5-12H2,1H3,(H,22,24)(H,23,25). The number of aryl methyl sites for hydroxylation is 1. The van der Waals surface area contributed by atoms with Crippen LogP contribution in [0.15, 0.2) is 18.2 Å². The molecule has 4 rings (SSSR count). The van der Waals surface area contributed by atoms with Crippen molar-refractivity contribution in [1.29, 1.82) is 0 Å². The maximum absolute atomic E-state index is 4.78. The number of piperidine rings is 1. The van der Waals surface area contributed by atoms with Crippen LogP contribution < -0.4 is 16.0 Å². The molecule has 2 aromatic rings. The molecule has 6 heteroatoms.